The lowest BCUT2D eigenvalue weighted by molar-refractivity contribution is 0.167. The first-order chi connectivity index (χ1) is 5.22. The zero-order valence-corrected chi connectivity index (χ0v) is 6.73. The summed E-state index contributed by atoms with van der Waals surface area (Å²) in [6, 6.07) is 3.69. The monoisotopic (exact) mass is 152 g/mol. The first-order valence-corrected chi connectivity index (χ1v) is 3.67. The summed E-state index contributed by atoms with van der Waals surface area (Å²) in [5.74, 6) is 0.0590. The first kappa shape index (κ1) is 8.14. The van der Waals surface area contributed by atoms with E-state index in [9.17, 15) is 5.11 Å². The number of rotatable bonds is 2. The minimum absolute atomic E-state index is 0.0590. The predicted molar refractivity (Wildman–Crippen MR) is 42.1 cm³/mol. The third-order valence-electron chi connectivity index (χ3n) is 1.78. The standard InChI is InChI=1S/C8H12N2O/c1-6(7(2)11)8-4-3-5-9-10-8/h3-7,11H,1-2H3. The van der Waals surface area contributed by atoms with Crippen molar-refractivity contribution in [2.75, 3.05) is 0 Å². The maximum Gasteiger partial charge on any atom is 0.0684 e. The molecule has 1 rings (SSSR count). The lowest BCUT2D eigenvalue weighted by Crippen LogP contribution is -2.12. The normalized spacial score (nSPS) is 15.9. The van der Waals surface area contributed by atoms with Crippen molar-refractivity contribution in [3.05, 3.63) is 24.0 Å². The maximum atomic E-state index is 9.21. The summed E-state index contributed by atoms with van der Waals surface area (Å²) in [5, 5.41) is 16.8. The first-order valence-electron chi connectivity index (χ1n) is 3.67. The molecule has 1 aromatic rings. The molecule has 0 saturated carbocycles. The number of aromatic nitrogens is 2. The van der Waals surface area contributed by atoms with E-state index in [0.29, 0.717) is 0 Å². The molecule has 0 bridgehead atoms. The van der Waals surface area contributed by atoms with E-state index < -0.39 is 0 Å². The molecule has 3 heteroatoms. The van der Waals surface area contributed by atoms with Crippen LogP contribution in [0.25, 0.3) is 0 Å². The largest absolute Gasteiger partial charge is 0.393 e. The minimum Gasteiger partial charge on any atom is -0.393 e. The Morgan fingerprint density at radius 2 is 2.18 bits per heavy atom. The average molecular weight is 152 g/mol. The Kier molecular flexibility index (Phi) is 2.54. The second-order valence-electron chi connectivity index (χ2n) is 2.68. The lowest BCUT2D eigenvalue weighted by Gasteiger charge is -2.11. The third kappa shape index (κ3) is 1.98. The van der Waals surface area contributed by atoms with Crippen molar-refractivity contribution in [3.63, 3.8) is 0 Å². The molecule has 0 radical (unpaired) electrons. The molecule has 2 atom stereocenters. The molecule has 2 unspecified atom stereocenters. The van der Waals surface area contributed by atoms with Gasteiger partial charge < -0.3 is 5.11 Å². The van der Waals surface area contributed by atoms with Crippen LogP contribution >= 0.6 is 0 Å². The molecule has 0 aromatic carbocycles. The Bertz CT molecular complexity index is 211. The predicted octanol–water partition coefficient (Wildman–Crippen LogP) is 0.961. The van der Waals surface area contributed by atoms with Crippen LogP contribution in [-0.4, -0.2) is 21.4 Å². The summed E-state index contributed by atoms with van der Waals surface area (Å²) in [6.45, 7) is 3.67. The SMILES string of the molecule is CC(O)C(C)c1cccnn1. The quantitative estimate of drug-likeness (QED) is 0.686. The highest BCUT2D eigenvalue weighted by Gasteiger charge is 2.11. The van der Waals surface area contributed by atoms with Gasteiger partial charge >= 0.3 is 0 Å². The van der Waals surface area contributed by atoms with E-state index in [0.717, 1.165) is 5.69 Å². The van der Waals surface area contributed by atoms with Gasteiger partial charge in [0, 0.05) is 12.1 Å². The van der Waals surface area contributed by atoms with Gasteiger partial charge in [-0.15, -0.1) is 0 Å². The molecular weight excluding hydrogens is 140 g/mol. The van der Waals surface area contributed by atoms with Gasteiger partial charge in [-0.3, -0.25) is 0 Å². The number of hydrogen-bond donors (Lipinski definition) is 1. The summed E-state index contributed by atoms with van der Waals surface area (Å²) in [7, 11) is 0. The fourth-order valence-electron chi connectivity index (χ4n) is 0.803. The third-order valence-corrected chi connectivity index (χ3v) is 1.78. The molecule has 1 heterocycles. The molecule has 1 N–H and O–H groups in total. The van der Waals surface area contributed by atoms with Crippen LogP contribution in [0, 0.1) is 0 Å². The zero-order valence-electron chi connectivity index (χ0n) is 6.73. The Morgan fingerprint density at radius 3 is 2.64 bits per heavy atom. The Morgan fingerprint density at radius 1 is 1.45 bits per heavy atom. The maximum absolute atomic E-state index is 9.21. The summed E-state index contributed by atoms with van der Waals surface area (Å²) < 4.78 is 0. The highest BCUT2D eigenvalue weighted by molar-refractivity contribution is 5.06. The molecule has 60 valence electrons. The van der Waals surface area contributed by atoms with Crippen molar-refractivity contribution in [3.8, 4) is 0 Å². The summed E-state index contributed by atoms with van der Waals surface area (Å²) in [5.41, 5.74) is 0.836. The molecule has 3 nitrogen and oxygen atoms in total. The van der Waals surface area contributed by atoms with Crippen molar-refractivity contribution in [2.24, 2.45) is 0 Å². The van der Waals surface area contributed by atoms with Crippen molar-refractivity contribution in [2.45, 2.75) is 25.9 Å². The molecular formula is C8H12N2O. The Balaban J connectivity index is 2.77. The van der Waals surface area contributed by atoms with Crippen LogP contribution in [-0.2, 0) is 0 Å². The van der Waals surface area contributed by atoms with Gasteiger partial charge in [-0.05, 0) is 19.1 Å². The topological polar surface area (TPSA) is 46.0 Å². The van der Waals surface area contributed by atoms with Gasteiger partial charge in [-0.1, -0.05) is 6.92 Å². The van der Waals surface area contributed by atoms with E-state index in [1.54, 1.807) is 13.1 Å². The fourth-order valence-corrected chi connectivity index (χ4v) is 0.803. The fraction of sp³-hybridized carbons (Fsp3) is 0.500. The number of nitrogens with zero attached hydrogens (tertiary/aromatic N) is 2. The lowest BCUT2D eigenvalue weighted by atomic mass is 10.0. The number of aliphatic hydroxyl groups is 1. The van der Waals surface area contributed by atoms with Crippen molar-refractivity contribution in [1.29, 1.82) is 0 Å². The molecule has 0 saturated heterocycles. The summed E-state index contributed by atoms with van der Waals surface area (Å²) in [4.78, 5) is 0. The van der Waals surface area contributed by atoms with Crippen molar-refractivity contribution < 1.29 is 5.11 Å². The Labute approximate surface area is 66.1 Å². The van der Waals surface area contributed by atoms with Crippen LogP contribution < -0.4 is 0 Å². The second-order valence-corrected chi connectivity index (χ2v) is 2.68. The van der Waals surface area contributed by atoms with E-state index in [2.05, 4.69) is 10.2 Å². The molecule has 0 spiro atoms. The van der Waals surface area contributed by atoms with E-state index in [4.69, 9.17) is 0 Å². The van der Waals surface area contributed by atoms with E-state index in [-0.39, 0.29) is 12.0 Å². The molecule has 0 aliphatic carbocycles. The molecule has 0 amide bonds. The van der Waals surface area contributed by atoms with Gasteiger partial charge in [0.2, 0.25) is 0 Å². The number of aliphatic hydroxyl groups excluding tert-OH is 1. The Hall–Kier alpha value is -0.960. The van der Waals surface area contributed by atoms with Gasteiger partial charge in [0.05, 0.1) is 11.8 Å². The van der Waals surface area contributed by atoms with Gasteiger partial charge in [0.25, 0.3) is 0 Å². The molecule has 1 aromatic heterocycles. The van der Waals surface area contributed by atoms with E-state index in [1.807, 2.05) is 19.1 Å². The second kappa shape index (κ2) is 3.44. The van der Waals surface area contributed by atoms with Crippen LogP contribution in [0.2, 0.25) is 0 Å². The van der Waals surface area contributed by atoms with Crippen LogP contribution in [0.1, 0.15) is 25.5 Å². The van der Waals surface area contributed by atoms with Gasteiger partial charge in [0.15, 0.2) is 0 Å². The van der Waals surface area contributed by atoms with Gasteiger partial charge in [-0.25, -0.2) is 0 Å². The van der Waals surface area contributed by atoms with Crippen LogP contribution in [0.5, 0.6) is 0 Å². The van der Waals surface area contributed by atoms with Crippen molar-refractivity contribution >= 4 is 0 Å². The molecule has 0 aliphatic rings. The van der Waals surface area contributed by atoms with Crippen LogP contribution in [0.15, 0.2) is 18.3 Å². The molecule has 0 fully saturated rings. The summed E-state index contributed by atoms with van der Waals surface area (Å²) in [6.07, 6.45) is 1.25. The van der Waals surface area contributed by atoms with Gasteiger partial charge in [-0.2, -0.15) is 10.2 Å². The zero-order chi connectivity index (χ0) is 8.27. The van der Waals surface area contributed by atoms with E-state index >= 15 is 0 Å². The molecule has 11 heavy (non-hydrogen) atoms. The van der Waals surface area contributed by atoms with Crippen LogP contribution in [0.3, 0.4) is 0 Å². The number of hydrogen-bond acceptors (Lipinski definition) is 3. The van der Waals surface area contributed by atoms with E-state index in [1.165, 1.54) is 0 Å². The van der Waals surface area contributed by atoms with Gasteiger partial charge in [0.1, 0.15) is 0 Å². The highest BCUT2D eigenvalue weighted by atomic mass is 16.3. The highest BCUT2D eigenvalue weighted by Crippen LogP contribution is 2.14. The van der Waals surface area contributed by atoms with Crippen LogP contribution in [0.4, 0.5) is 0 Å². The molecule has 0 aliphatic heterocycles. The minimum atomic E-state index is -0.369. The van der Waals surface area contributed by atoms with Crippen molar-refractivity contribution in [1.82, 2.24) is 10.2 Å². The summed E-state index contributed by atoms with van der Waals surface area (Å²) >= 11 is 0. The average Bonchev–Trinajstić information content (AvgIpc) is 2.05. The smallest absolute Gasteiger partial charge is 0.0684 e.